The van der Waals surface area contributed by atoms with E-state index in [0.29, 0.717) is 12.2 Å². The molecule has 1 aliphatic heterocycles. The van der Waals surface area contributed by atoms with Crippen molar-refractivity contribution in [3.63, 3.8) is 0 Å². The van der Waals surface area contributed by atoms with Gasteiger partial charge in [-0.1, -0.05) is 30.3 Å². The normalized spacial score (nSPS) is 17.6. The maximum atomic E-state index is 12.2. The van der Waals surface area contributed by atoms with Gasteiger partial charge in [0, 0.05) is 20.3 Å². The van der Waals surface area contributed by atoms with Gasteiger partial charge in [0.25, 0.3) is 0 Å². The first kappa shape index (κ1) is 18.8. The molecule has 1 aliphatic rings. The van der Waals surface area contributed by atoms with E-state index in [2.05, 4.69) is 5.32 Å². The van der Waals surface area contributed by atoms with Crippen LogP contribution < -0.4 is 5.32 Å². The van der Waals surface area contributed by atoms with Gasteiger partial charge in [-0.2, -0.15) is 0 Å². The third kappa shape index (κ3) is 6.14. The predicted octanol–water partition coefficient (Wildman–Crippen LogP) is 3.84. The lowest BCUT2D eigenvalue weighted by atomic mass is 10.0. The van der Waals surface area contributed by atoms with E-state index in [1.807, 2.05) is 30.3 Å². The van der Waals surface area contributed by atoms with E-state index in [0.717, 1.165) is 5.56 Å². The zero-order valence-corrected chi connectivity index (χ0v) is 15.3. The number of alkyl carbamates (subject to hydrolysis) is 1. The maximum Gasteiger partial charge on any atom is 0.408 e. The molecule has 6 nitrogen and oxygen atoms in total. The minimum Gasteiger partial charge on any atom is -0.457 e. The Labute approximate surface area is 148 Å². The number of esters is 1. The average molecular weight is 347 g/mol. The molecule has 1 amide bonds. The lowest BCUT2D eigenvalue weighted by molar-refractivity contribution is -0.206. The molecule has 1 aromatic rings. The summed E-state index contributed by atoms with van der Waals surface area (Å²) in [7, 11) is 0. The average Bonchev–Trinajstić information content (AvgIpc) is 2.43. The number of benzene rings is 1. The molecule has 2 rings (SSSR count). The number of hydrogen-bond donors (Lipinski definition) is 1. The van der Waals surface area contributed by atoms with Crippen molar-refractivity contribution in [2.45, 2.75) is 58.5 Å². The van der Waals surface area contributed by atoms with Crippen LogP contribution in [0, 0.1) is 0 Å². The molecule has 1 aromatic carbocycles. The zero-order valence-electron chi connectivity index (χ0n) is 15.3. The van der Waals surface area contributed by atoms with E-state index in [-0.39, 0.29) is 0 Å². The highest BCUT2D eigenvalue weighted by Gasteiger charge is 2.32. The van der Waals surface area contributed by atoms with Crippen LogP contribution in [0.2, 0.25) is 0 Å². The van der Waals surface area contributed by atoms with E-state index in [1.54, 1.807) is 34.6 Å². The largest absolute Gasteiger partial charge is 0.457 e. The molecule has 0 saturated heterocycles. The number of hydrogen-bond acceptors (Lipinski definition) is 5. The van der Waals surface area contributed by atoms with E-state index in [1.165, 1.54) is 6.08 Å². The Bertz CT molecular complexity index is 658. The number of amides is 1. The molecule has 0 aliphatic carbocycles. The number of ether oxygens (including phenoxy) is 3. The SMILES string of the molecule is CC(C)(C)OC(=O)N[C@H](CC1=CC(=O)OC(C)(C)O1)c1ccccc1. The molecule has 0 saturated carbocycles. The minimum absolute atomic E-state index is 0.307. The van der Waals surface area contributed by atoms with Gasteiger partial charge < -0.3 is 19.5 Å². The summed E-state index contributed by atoms with van der Waals surface area (Å²) >= 11 is 0. The van der Waals surface area contributed by atoms with Crippen LogP contribution in [0.4, 0.5) is 4.79 Å². The second kappa shape index (κ2) is 7.17. The van der Waals surface area contributed by atoms with Crippen molar-refractivity contribution in [1.29, 1.82) is 0 Å². The Hall–Kier alpha value is -2.50. The van der Waals surface area contributed by atoms with Crippen molar-refractivity contribution in [2.75, 3.05) is 0 Å². The van der Waals surface area contributed by atoms with Crippen molar-refractivity contribution >= 4 is 12.1 Å². The van der Waals surface area contributed by atoms with Crippen LogP contribution >= 0.6 is 0 Å². The van der Waals surface area contributed by atoms with Crippen LogP contribution in [0.1, 0.15) is 52.6 Å². The fourth-order valence-corrected chi connectivity index (χ4v) is 2.46. The fraction of sp³-hybridized carbons (Fsp3) is 0.474. The van der Waals surface area contributed by atoms with E-state index >= 15 is 0 Å². The van der Waals surface area contributed by atoms with Crippen molar-refractivity contribution in [3.05, 3.63) is 47.7 Å². The van der Waals surface area contributed by atoms with Crippen LogP contribution in [-0.4, -0.2) is 23.5 Å². The van der Waals surface area contributed by atoms with Crippen molar-refractivity contribution in [1.82, 2.24) is 5.32 Å². The Balaban J connectivity index is 2.18. The van der Waals surface area contributed by atoms with Gasteiger partial charge >= 0.3 is 12.1 Å². The van der Waals surface area contributed by atoms with Crippen molar-refractivity contribution in [2.24, 2.45) is 0 Å². The van der Waals surface area contributed by atoms with Crippen LogP contribution in [0.15, 0.2) is 42.2 Å². The minimum atomic E-state index is -1.03. The molecule has 0 aromatic heterocycles. The third-order valence-corrected chi connectivity index (χ3v) is 3.30. The summed E-state index contributed by atoms with van der Waals surface area (Å²) in [5.74, 6) is -1.05. The fourth-order valence-electron chi connectivity index (χ4n) is 2.46. The molecule has 136 valence electrons. The first-order chi connectivity index (χ1) is 11.5. The summed E-state index contributed by atoms with van der Waals surface area (Å²) in [4.78, 5) is 23.9. The quantitative estimate of drug-likeness (QED) is 0.838. The topological polar surface area (TPSA) is 73.9 Å². The molecule has 25 heavy (non-hydrogen) atoms. The maximum absolute atomic E-state index is 12.2. The molecule has 0 fully saturated rings. The Morgan fingerprint density at radius 3 is 2.40 bits per heavy atom. The van der Waals surface area contributed by atoms with Crippen LogP contribution in [0.5, 0.6) is 0 Å². The van der Waals surface area contributed by atoms with Crippen molar-refractivity contribution < 1.29 is 23.8 Å². The molecule has 6 heteroatoms. The first-order valence-corrected chi connectivity index (χ1v) is 8.21. The van der Waals surface area contributed by atoms with Gasteiger partial charge in [0.2, 0.25) is 5.79 Å². The second-order valence-corrected chi connectivity index (χ2v) is 7.35. The van der Waals surface area contributed by atoms with Crippen LogP contribution in [0.25, 0.3) is 0 Å². The van der Waals surface area contributed by atoms with E-state index in [9.17, 15) is 9.59 Å². The Kier molecular flexibility index (Phi) is 5.40. The third-order valence-electron chi connectivity index (χ3n) is 3.30. The van der Waals surface area contributed by atoms with Gasteiger partial charge in [-0.25, -0.2) is 9.59 Å². The number of nitrogens with one attached hydrogen (secondary N) is 1. The molecular weight excluding hydrogens is 322 g/mol. The van der Waals surface area contributed by atoms with Crippen molar-refractivity contribution in [3.8, 4) is 0 Å². The summed E-state index contributed by atoms with van der Waals surface area (Å²) in [6.07, 6.45) is 1.08. The predicted molar refractivity (Wildman–Crippen MR) is 92.5 cm³/mol. The highest BCUT2D eigenvalue weighted by molar-refractivity contribution is 5.83. The highest BCUT2D eigenvalue weighted by Crippen LogP contribution is 2.29. The number of cyclic esters (lactones) is 1. The summed E-state index contributed by atoms with van der Waals surface area (Å²) < 4.78 is 16.1. The number of carbonyl (C=O) groups is 2. The van der Waals surface area contributed by atoms with Crippen LogP contribution in [-0.2, 0) is 19.0 Å². The van der Waals surface area contributed by atoms with Crippen LogP contribution in [0.3, 0.4) is 0 Å². The molecule has 1 atom stereocenters. The summed E-state index contributed by atoms with van der Waals surface area (Å²) in [6.45, 7) is 8.73. The molecule has 0 radical (unpaired) electrons. The standard InChI is InChI=1S/C19H25NO5/c1-18(2,3)25-17(22)20-15(13-9-7-6-8-10-13)11-14-12-16(21)24-19(4,5)23-14/h6-10,12,15H,11H2,1-5H3,(H,20,22)/t15-/m1/s1. The monoisotopic (exact) mass is 347 g/mol. The molecule has 0 bridgehead atoms. The second-order valence-electron chi connectivity index (χ2n) is 7.35. The Morgan fingerprint density at radius 1 is 1.20 bits per heavy atom. The lowest BCUT2D eigenvalue weighted by Gasteiger charge is -2.32. The van der Waals surface area contributed by atoms with E-state index < -0.39 is 29.5 Å². The lowest BCUT2D eigenvalue weighted by Crippen LogP contribution is -2.37. The Morgan fingerprint density at radius 2 is 1.84 bits per heavy atom. The van der Waals surface area contributed by atoms with Gasteiger partial charge in [0.15, 0.2) is 0 Å². The molecule has 0 unspecified atom stereocenters. The highest BCUT2D eigenvalue weighted by atomic mass is 16.7. The molecular formula is C19H25NO5. The smallest absolute Gasteiger partial charge is 0.408 e. The summed E-state index contributed by atoms with van der Waals surface area (Å²) in [5, 5.41) is 2.85. The molecule has 1 heterocycles. The zero-order chi connectivity index (χ0) is 18.7. The molecule has 1 N–H and O–H groups in total. The van der Waals surface area contributed by atoms with Gasteiger partial charge in [0.1, 0.15) is 11.4 Å². The van der Waals surface area contributed by atoms with Gasteiger partial charge in [0.05, 0.1) is 12.1 Å². The number of rotatable bonds is 4. The van der Waals surface area contributed by atoms with Gasteiger partial charge in [-0.05, 0) is 26.3 Å². The first-order valence-electron chi connectivity index (χ1n) is 8.21. The molecule has 0 spiro atoms. The van der Waals surface area contributed by atoms with E-state index in [4.69, 9.17) is 14.2 Å². The summed E-state index contributed by atoms with van der Waals surface area (Å²) in [5.41, 5.74) is 0.284. The summed E-state index contributed by atoms with van der Waals surface area (Å²) in [6, 6.07) is 9.05. The van der Waals surface area contributed by atoms with Gasteiger partial charge in [-0.3, -0.25) is 0 Å². The van der Waals surface area contributed by atoms with Gasteiger partial charge in [-0.15, -0.1) is 0 Å². The number of carbonyl (C=O) groups excluding carboxylic acids is 2.